The summed E-state index contributed by atoms with van der Waals surface area (Å²) in [4.78, 5) is 0. The van der Waals surface area contributed by atoms with Crippen molar-refractivity contribution in [1.29, 1.82) is 0 Å². The highest BCUT2D eigenvalue weighted by atomic mass is 28.3. The van der Waals surface area contributed by atoms with Crippen molar-refractivity contribution >= 4 is 9.17 Å². The third-order valence-electron chi connectivity index (χ3n) is 0.243. The van der Waals surface area contributed by atoms with Gasteiger partial charge >= 0.3 is 9.17 Å². The third kappa shape index (κ3) is 3.11. The van der Waals surface area contributed by atoms with Gasteiger partial charge in [-0.25, -0.2) is 0 Å². The van der Waals surface area contributed by atoms with Gasteiger partial charge in [0.05, 0.1) is 6.26 Å². The van der Waals surface area contributed by atoms with Crippen molar-refractivity contribution in [2.45, 2.75) is 0 Å². The molecule has 0 N–H and O–H groups in total. The van der Waals surface area contributed by atoms with E-state index in [-0.39, 0.29) is 0 Å². The minimum absolute atomic E-state index is 0.848. The summed E-state index contributed by atoms with van der Waals surface area (Å²) in [5.74, 6) is 0. The number of hydrogen-bond acceptors (Lipinski definition) is 3. The van der Waals surface area contributed by atoms with E-state index >= 15 is 0 Å². The Kier molecular flexibility index (Phi) is 3.12. The highest BCUT2D eigenvalue weighted by Gasteiger charge is 2.07. The lowest BCUT2D eigenvalue weighted by atomic mass is 11.2. The molecule has 3 nitrogen and oxygen atoms in total. The molecule has 0 fully saturated rings. The maximum Gasteiger partial charge on any atom is 0.810 e. The number of hydrogen-bond donors (Lipinski definition) is 0. The van der Waals surface area contributed by atoms with E-state index in [0.717, 1.165) is 6.26 Å². The predicted molar refractivity (Wildman–Crippen MR) is 19.9 cm³/mol. The molecule has 0 rings (SSSR count). The molecule has 0 radical (unpaired) electrons. The molecule has 0 aromatic carbocycles. The second kappa shape index (κ2) is 3.48. The maximum atomic E-state index is 10.6. The van der Waals surface area contributed by atoms with Crippen LogP contribution in [0.4, 0.5) is 4.53 Å². The van der Waals surface area contributed by atoms with Gasteiger partial charge in [0.2, 0.25) is 0 Å². The van der Waals surface area contributed by atoms with Crippen LogP contribution in [0.5, 0.6) is 0 Å². The van der Waals surface area contributed by atoms with Crippen molar-refractivity contribution < 1.29 is 18.0 Å². The topological polar surface area (TPSA) is 35.5 Å². The Morgan fingerprint density at radius 3 is 2.57 bits per heavy atom. The van der Waals surface area contributed by atoms with Crippen LogP contribution in [0.1, 0.15) is 0 Å². The largest absolute Gasteiger partial charge is 0.810 e. The van der Waals surface area contributed by atoms with Crippen LogP contribution in [-0.4, -0.2) is 9.17 Å². The minimum atomic E-state index is -2.91. The first-order valence-corrected chi connectivity index (χ1v) is 2.64. The van der Waals surface area contributed by atoms with Crippen LogP contribution in [0, 0.1) is 0 Å². The molecule has 0 unspecified atom stereocenters. The van der Waals surface area contributed by atoms with Crippen molar-refractivity contribution in [3.63, 3.8) is 0 Å². The lowest BCUT2D eigenvalue weighted by Gasteiger charge is -1.83. The summed E-state index contributed by atoms with van der Waals surface area (Å²) in [6, 6.07) is 0. The van der Waals surface area contributed by atoms with E-state index in [1.165, 1.54) is 0 Å². The summed E-state index contributed by atoms with van der Waals surface area (Å²) < 4.78 is 27.0. The average molecular weight is 122 g/mol. The van der Waals surface area contributed by atoms with Crippen molar-refractivity contribution in [2.24, 2.45) is 0 Å². The van der Waals surface area contributed by atoms with Crippen LogP contribution >= 0.6 is 0 Å². The normalized spacial score (nSPS) is 7.00. The number of halogens is 1. The molecule has 0 aromatic heterocycles. The van der Waals surface area contributed by atoms with E-state index in [1.807, 2.05) is 0 Å². The molecular formula is C2H3FO3Si. The second-order valence-corrected chi connectivity index (χ2v) is 1.50. The van der Waals surface area contributed by atoms with Gasteiger partial charge in [-0.3, -0.25) is 9.09 Å². The molecule has 0 aliphatic rings. The van der Waals surface area contributed by atoms with Gasteiger partial charge in [-0.2, -0.15) is 0 Å². The van der Waals surface area contributed by atoms with Crippen LogP contribution in [0.25, 0.3) is 0 Å². The molecule has 0 heterocycles. The lowest BCUT2D eigenvalue weighted by molar-refractivity contribution is -0.0408. The summed E-state index contributed by atoms with van der Waals surface area (Å²) >= 11 is 0. The van der Waals surface area contributed by atoms with Gasteiger partial charge < -0.3 is 4.43 Å². The molecule has 0 amide bonds. The van der Waals surface area contributed by atoms with E-state index < -0.39 is 9.17 Å². The zero-order valence-electron chi connectivity index (χ0n) is 3.39. The lowest BCUT2D eigenvalue weighted by Crippen LogP contribution is -2.00. The summed E-state index contributed by atoms with van der Waals surface area (Å²) in [7, 11) is -2.91. The SMILES string of the molecule is C=CO[Si](=O)OF. The van der Waals surface area contributed by atoms with E-state index in [4.69, 9.17) is 0 Å². The summed E-state index contributed by atoms with van der Waals surface area (Å²) in [6.07, 6.45) is 0.848. The highest BCUT2D eigenvalue weighted by molar-refractivity contribution is 6.25. The predicted octanol–water partition coefficient (Wildman–Crippen LogP) is 0.463. The van der Waals surface area contributed by atoms with Gasteiger partial charge in [-0.05, 0) is 0 Å². The van der Waals surface area contributed by atoms with Gasteiger partial charge in [0, 0.05) is 4.53 Å². The van der Waals surface area contributed by atoms with Crippen molar-refractivity contribution in [3.05, 3.63) is 12.8 Å². The Hall–Kier alpha value is -0.713. The van der Waals surface area contributed by atoms with Crippen molar-refractivity contribution in [3.8, 4) is 0 Å². The molecule has 0 aliphatic carbocycles. The summed E-state index contributed by atoms with van der Waals surface area (Å²) in [5, 5.41) is 0. The Labute approximate surface area is 41.2 Å². The molecular weight excluding hydrogens is 119 g/mol. The Morgan fingerprint density at radius 1 is 1.86 bits per heavy atom. The first-order chi connectivity index (χ1) is 3.31. The molecule has 0 saturated heterocycles. The average Bonchev–Trinajstić information content (AvgIpc) is 1.68. The van der Waals surface area contributed by atoms with Crippen LogP contribution in [0.2, 0.25) is 0 Å². The first kappa shape index (κ1) is 6.29. The summed E-state index contributed by atoms with van der Waals surface area (Å²) in [6.45, 7) is 3.01. The number of rotatable bonds is 3. The van der Waals surface area contributed by atoms with Crippen LogP contribution in [0.15, 0.2) is 12.8 Å². The monoisotopic (exact) mass is 122 g/mol. The zero-order valence-corrected chi connectivity index (χ0v) is 4.39. The fourth-order valence-electron chi connectivity index (χ4n) is 0.0862. The highest BCUT2D eigenvalue weighted by Crippen LogP contribution is 1.76. The van der Waals surface area contributed by atoms with E-state index in [2.05, 4.69) is 15.6 Å². The van der Waals surface area contributed by atoms with Crippen LogP contribution in [0.3, 0.4) is 0 Å². The molecule has 0 aliphatic heterocycles. The van der Waals surface area contributed by atoms with E-state index in [9.17, 15) is 8.99 Å². The fourth-order valence-corrected chi connectivity index (χ4v) is 0.259. The first-order valence-electron chi connectivity index (χ1n) is 1.41. The third-order valence-corrected chi connectivity index (χ3v) is 0.728. The molecule has 0 saturated carbocycles. The Balaban J connectivity index is 3.17. The Morgan fingerprint density at radius 2 is 2.43 bits per heavy atom. The van der Waals surface area contributed by atoms with Crippen molar-refractivity contribution in [1.82, 2.24) is 0 Å². The molecule has 0 aromatic rings. The van der Waals surface area contributed by atoms with Gasteiger partial charge in [0.25, 0.3) is 0 Å². The maximum absolute atomic E-state index is 10.6. The van der Waals surface area contributed by atoms with Crippen molar-refractivity contribution in [2.75, 3.05) is 0 Å². The van der Waals surface area contributed by atoms with E-state index in [0.29, 0.717) is 0 Å². The zero-order chi connectivity index (χ0) is 5.70. The van der Waals surface area contributed by atoms with Gasteiger partial charge in [-0.1, -0.05) is 6.58 Å². The molecule has 0 bridgehead atoms. The van der Waals surface area contributed by atoms with E-state index in [1.54, 1.807) is 0 Å². The Bertz CT molecular complexity index is 83.0. The second-order valence-electron chi connectivity index (χ2n) is 0.612. The van der Waals surface area contributed by atoms with Crippen LogP contribution < -0.4 is 0 Å². The van der Waals surface area contributed by atoms with Crippen LogP contribution in [-0.2, 0) is 13.5 Å². The van der Waals surface area contributed by atoms with Gasteiger partial charge in [0.1, 0.15) is 0 Å². The smallest absolute Gasteiger partial charge is 0.465 e. The van der Waals surface area contributed by atoms with Gasteiger partial charge in [0.15, 0.2) is 0 Å². The quantitative estimate of drug-likeness (QED) is 0.403. The standard InChI is InChI=1S/C2H3FO3Si/c1-2-5-7(4)6-3/h2H,1H2. The molecule has 40 valence electrons. The molecule has 0 spiro atoms. The van der Waals surface area contributed by atoms with Gasteiger partial charge in [-0.15, -0.1) is 0 Å². The molecule has 0 atom stereocenters. The fraction of sp³-hybridized carbons (Fsp3) is 0. The molecule has 7 heavy (non-hydrogen) atoms. The molecule has 5 heteroatoms. The minimum Gasteiger partial charge on any atom is -0.465 e. The summed E-state index contributed by atoms with van der Waals surface area (Å²) in [5.41, 5.74) is 0.